The van der Waals surface area contributed by atoms with Gasteiger partial charge in [-0.15, -0.1) is 0 Å². The van der Waals surface area contributed by atoms with Crippen molar-refractivity contribution in [3.05, 3.63) is 20.6 Å². The predicted octanol–water partition coefficient (Wildman–Crippen LogP) is 4.01. The molecule has 0 radical (unpaired) electrons. The van der Waals surface area contributed by atoms with Gasteiger partial charge in [-0.25, -0.2) is 4.79 Å². The Morgan fingerprint density at radius 2 is 1.72 bits per heavy atom. The lowest BCUT2D eigenvalue weighted by Gasteiger charge is -2.11. The summed E-state index contributed by atoms with van der Waals surface area (Å²) in [4.78, 5) is 11.7. The Bertz CT molecular complexity index is 445. The number of aromatic hydroxyl groups is 2. The first-order valence-electron chi connectivity index (χ1n) is 5.17. The molecule has 0 spiro atoms. The Morgan fingerprint density at radius 3 is 2.28 bits per heavy atom. The molecule has 0 atom stereocenters. The Kier molecular flexibility index (Phi) is 5.38. The fourth-order valence-corrected chi connectivity index (χ4v) is 1.88. The molecule has 0 bridgehead atoms. The molecule has 0 aliphatic heterocycles. The van der Waals surface area contributed by atoms with E-state index < -0.39 is 17.5 Å². The number of hydrogen-bond donors (Lipinski definition) is 2. The molecule has 100 valence electrons. The first-order chi connectivity index (χ1) is 8.41. The number of hydrogen-bond acceptors (Lipinski definition) is 4. The third-order valence-electron chi connectivity index (χ3n) is 2.21. The zero-order valence-corrected chi connectivity index (χ0v) is 11.7. The van der Waals surface area contributed by atoms with Crippen molar-refractivity contribution >= 4 is 40.8 Å². The summed E-state index contributed by atoms with van der Waals surface area (Å²) in [5.74, 6) is -2.30. The number of phenolic OH excluding ortho intramolecular Hbond substituents is 2. The molecule has 1 aromatic rings. The molecule has 2 N–H and O–H groups in total. The molecular weight excluding hydrogens is 302 g/mol. The topological polar surface area (TPSA) is 66.8 Å². The Balaban J connectivity index is 3.13. The van der Waals surface area contributed by atoms with Crippen LogP contribution in [0.25, 0.3) is 0 Å². The van der Waals surface area contributed by atoms with Gasteiger partial charge in [-0.1, -0.05) is 48.1 Å². The van der Waals surface area contributed by atoms with Crippen LogP contribution >= 0.6 is 34.8 Å². The monoisotopic (exact) mass is 312 g/mol. The average molecular weight is 314 g/mol. The van der Waals surface area contributed by atoms with Crippen LogP contribution in [-0.4, -0.2) is 22.8 Å². The molecule has 0 amide bonds. The highest BCUT2D eigenvalue weighted by Crippen LogP contribution is 2.46. The molecule has 0 saturated carbocycles. The smallest absolute Gasteiger partial charge is 0.343 e. The quantitative estimate of drug-likeness (QED) is 0.381. The molecule has 7 heteroatoms. The standard InChI is InChI=1S/C11H11Cl3O4/c1-2-3-4-18-11(17)5-6(12)7(13)8(14)10(16)9(5)15/h15-16H,2-4H2,1H3. The van der Waals surface area contributed by atoms with E-state index in [4.69, 9.17) is 39.5 Å². The van der Waals surface area contributed by atoms with Crippen molar-refractivity contribution < 1.29 is 19.7 Å². The van der Waals surface area contributed by atoms with Crippen LogP contribution in [0.4, 0.5) is 0 Å². The number of halogens is 3. The maximum atomic E-state index is 11.7. The lowest BCUT2D eigenvalue weighted by molar-refractivity contribution is 0.0496. The number of carbonyl (C=O) groups is 1. The predicted molar refractivity (Wildman–Crippen MR) is 70.0 cm³/mol. The fraction of sp³-hybridized carbons (Fsp3) is 0.364. The molecule has 0 aromatic heterocycles. The summed E-state index contributed by atoms with van der Waals surface area (Å²) in [5, 5.41) is 18.3. The molecule has 1 aromatic carbocycles. The molecule has 0 fully saturated rings. The molecule has 0 aliphatic carbocycles. The zero-order valence-electron chi connectivity index (χ0n) is 9.47. The van der Waals surface area contributed by atoms with Gasteiger partial charge in [0.25, 0.3) is 0 Å². The van der Waals surface area contributed by atoms with E-state index in [0.29, 0.717) is 6.42 Å². The summed E-state index contributed by atoms with van der Waals surface area (Å²) < 4.78 is 4.88. The maximum Gasteiger partial charge on any atom is 0.343 e. The number of benzene rings is 1. The summed E-state index contributed by atoms with van der Waals surface area (Å²) in [6.07, 6.45) is 1.52. The van der Waals surface area contributed by atoms with Gasteiger partial charge in [0, 0.05) is 0 Å². The van der Waals surface area contributed by atoms with Crippen molar-refractivity contribution in [3.8, 4) is 11.5 Å². The molecule has 0 heterocycles. The van der Waals surface area contributed by atoms with Crippen LogP contribution in [0.2, 0.25) is 15.1 Å². The summed E-state index contributed by atoms with van der Waals surface area (Å²) >= 11 is 17.1. The van der Waals surface area contributed by atoms with Crippen LogP contribution in [0.3, 0.4) is 0 Å². The van der Waals surface area contributed by atoms with Gasteiger partial charge < -0.3 is 14.9 Å². The van der Waals surface area contributed by atoms with E-state index in [1.54, 1.807) is 0 Å². The van der Waals surface area contributed by atoms with Crippen LogP contribution in [0, 0.1) is 0 Å². The average Bonchev–Trinajstić information content (AvgIpc) is 2.34. The third-order valence-corrected chi connectivity index (χ3v) is 3.53. The van der Waals surface area contributed by atoms with E-state index >= 15 is 0 Å². The second-order valence-corrected chi connectivity index (χ2v) is 4.64. The van der Waals surface area contributed by atoms with Gasteiger partial charge in [0.05, 0.1) is 16.7 Å². The third kappa shape index (κ3) is 2.94. The van der Waals surface area contributed by atoms with Crippen LogP contribution in [0.5, 0.6) is 11.5 Å². The van der Waals surface area contributed by atoms with Gasteiger partial charge in [0.2, 0.25) is 0 Å². The van der Waals surface area contributed by atoms with E-state index in [2.05, 4.69) is 0 Å². The second kappa shape index (κ2) is 6.36. The fourth-order valence-electron chi connectivity index (χ4n) is 1.20. The number of rotatable bonds is 4. The number of phenols is 2. The molecule has 4 nitrogen and oxygen atoms in total. The zero-order chi connectivity index (χ0) is 13.9. The van der Waals surface area contributed by atoms with E-state index in [1.807, 2.05) is 6.92 Å². The Labute approximate surface area is 119 Å². The van der Waals surface area contributed by atoms with E-state index in [1.165, 1.54) is 0 Å². The van der Waals surface area contributed by atoms with Crippen molar-refractivity contribution in [1.82, 2.24) is 0 Å². The van der Waals surface area contributed by atoms with E-state index in [-0.39, 0.29) is 27.2 Å². The van der Waals surface area contributed by atoms with Gasteiger partial charge in [-0.3, -0.25) is 0 Å². The van der Waals surface area contributed by atoms with Gasteiger partial charge >= 0.3 is 5.97 Å². The van der Waals surface area contributed by atoms with Gasteiger partial charge in [-0.2, -0.15) is 0 Å². The summed E-state index contributed by atoms with van der Waals surface area (Å²) in [7, 11) is 0. The van der Waals surface area contributed by atoms with Crippen molar-refractivity contribution in [3.63, 3.8) is 0 Å². The number of unbranched alkanes of at least 4 members (excludes halogenated alkanes) is 1. The number of esters is 1. The minimum absolute atomic E-state index is 0.187. The first-order valence-corrected chi connectivity index (χ1v) is 6.30. The van der Waals surface area contributed by atoms with Crippen LogP contribution in [-0.2, 0) is 4.74 Å². The molecular formula is C11H11Cl3O4. The summed E-state index contributed by atoms with van der Waals surface area (Å²) in [5.41, 5.74) is -0.389. The highest BCUT2D eigenvalue weighted by Gasteiger charge is 2.26. The molecule has 18 heavy (non-hydrogen) atoms. The largest absolute Gasteiger partial charge is 0.504 e. The highest BCUT2D eigenvalue weighted by molar-refractivity contribution is 6.50. The van der Waals surface area contributed by atoms with Crippen molar-refractivity contribution in [2.24, 2.45) is 0 Å². The van der Waals surface area contributed by atoms with Gasteiger partial charge in [0.15, 0.2) is 11.5 Å². The van der Waals surface area contributed by atoms with E-state index in [9.17, 15) is 15.0 Å². The minimum atomic E-state index is -0.861. The van der Waals surface area contributed by atoms with Crippen molar-refractivity contribution in [1.29, 1.82) is 0 Å². The molecule has 0 saturated heterocycles. The Morgan fingerprint density at radius 1 is 1.11 bits per heavy atom. The maximum absolute atomic E-state index is 11.7. The van der Waals surface area contributed by atoms with Crippen LogP contribution in [0.15, 0.2) is 0 Å². The lowest BCUT2D eigenvalue weighted by Crippen LogP contribution is -2.08. The molecule has 0 unspecified atom stereocenters. The second-order valence-electron chi connectivity index (χ2n) is 3.50. The minimum Gasteiger partial charge on any atom is -0.504 e. The Hall–Kier alpha value is -0.840. The van der Waals surface area contributed by atoms with Crippen LogP contribution < -0.4 is 0 Å². The first kappa shape index (κ1) is 15.2. The van der Waals surface area contributed by atoms with Gasteiger partial charge in [0.1, 0.15) is 10.6 Å². The van der Waals surface area contributed by atoms with Crippen LogP contribution in [0.1, 0.15) is 30.1 Å². The summed E-state index contributed by atoms with van der Waals surface area (Å²) in [6.45, 7) is 2.12. The summed E-state index contributed by atoms with van der Waals surface area (Å²) in [6, 6.07) is 0. The highest BCUT2D eigenvalue weighted by atomic mass is 35.5. The molecule has 1 rings (SSSR count). The molecule has 0 aliphatic rings. The lowest BCUT2D eigenvalue weighted by atomic mass is 10.2. The number of carbonyl (C=O) groups excluding carboxylic acids is 1. The van der Waals surface area contributed by atoms with Crippen molar-refractivity contribution in [2.45, 2.75) is 19.8 Å². The van der Waals surface area contributed by atoms with Crippen molar-refractivity contribution in [2.75, 3.05) is 6.61 Å². The SMILES string of the molecule is CCCCOC(=O)c1c(O)c(O)c(Cl)c(Cl)c1Cl. The van der Waals surface area contributed by atoms with E-state index in [0.717, 1.165) is 6.42 Å². The number of ether oxygens (including phenoxy) is 1. The normalized spacial score (nSPS) is 10.4. The van der Waals surface area contributed by atoms with Gasteiger partial charge in [-0.05, 0) is 6.42 Å².